The molecule has 1 rings (SSSR count). The summed E-state index contributed by atoms with van der Waals surface area (Å²) in [4.78, 5) is 0. The van der Waals surface area contributed by atoms with Gasteiger partial charge in [0.15, 0.2) is 0 Å². The minimum Gasteiger partial charge on any atom is -0.230 e. The first-order valence-corrected chi connectivity index (χ1v) is 5.64. The molecule has 0 bridgehead atoms. The summed E-state index contributed by atoms with van der Waals surface area (Å²) in [6, 6.07) is 8.01. The summed E-state index contributed by atoms with van der Waals surface area (Å²) in [7, 11) is 0. The Morgan fingerprint density at radius 1 is 1.27 bits per heavy atom. The minimum absolute atomic E-state index is 0.180. The number of nitrogens with zero attached hydrogens (tertiary/aromatic N) is 1. The van der Waals surface area contributed by atoms with Gasteiger partial charge in [0.25, 0.3) is 0 Å². The molecular weight excluding hydrogens is 257 g/mol. The van der Waals surface area contributed by atoms with Gasteiger partial charge in [-0.25, -0.2) is 6.14 Å². The minimum atomic E-state index is -3.47. The van der Waals surface area contributed by atoms with Gasteiger partial charge in [-0.15, -0.1) is 0 Å². The van der Waals surface area contributed by atoms with Crippen LogP contribution in [0.2, 0.25) is 0 Å². The van der Waals surface area contributed by atoms with Crippen molar-refractivity contribution < 1.29 is 6.14 Å². The third kappa shape index (κ3) is 1.74. The lowest BCUT2D eigenvalue weighted by Gasteiger charge is -1.88. The van der Waals surface area contributed by atoms with E-state index in [-0.39, 0.29) is 9.13 Å². The van der Waals surface area contributed by atoms with E-state index in [0.717, 1.165) is 0 Å². The predicted molar refractivity (Wildman–Crippen MR) is 45.2 cm³/mol. The molecule has 1 aromatic rings. The van der Waals surface area contributed by atoms with Crippen LogP contribution in [0.3, 0.4) is 0 Å². The smallest absolute Gasteiger partial charge is 0.230 e. The van der Waals surface area contributed by atoms with Crippen molar-refractivity contribution in [3.63, 3.8) is 0 Å². The fraction of sp³-hybridized carbons (Fsp3) is 0. The van der Waals surface area contributed by atoms with Gasteiger partial charge >= 0.3 is 19.8 Å². The molecule has 0 saturated carbocycles. The van der Waals surface area contributed by atoms with Crippen LogP contribution in [0.25, 0.3) is 0 Å². The Hall–Kier alpha value is -0.960. The molecule has 0 radical (unpaired) electrons. The Bertz CT molecular complexity index is 368. The lowest BCUT2D eigenvalue weighted by Crippen LogP contribution is -1.79. The molecule has 0 aliphatic heterocycles. The first kappa shape index (κ1) is 8.14. The Morgan fingerprint density at radius 2 is 1.91 bits per heavy atom. The molecule has 0 aliphatic carbocycles. The molecule has 0 heterocycles. The normalized spacial score (nSPS) is 9.45. The highest BCUT2D eigenvalue weighted by atomic mass is 127. The van der Waals surface area contributed by atoms with Crippen LogP contribution in [0.5, 0.6) is 0 Å². The molecule has 0 amide bonds. The maximum atomic E-state index is 10.6. The van der Waals surface area contributed by atoms with Crippen molar-refractivity contribution in [2.75, 3.05) is 0 Å². The molecule has 0 atom stereocenters. The van der Waals surface area contributed by atoms with Crippen molar-refractivity contribution in [3.8, 4) is 6.07 Å². The second-order valence-corrected chi connectivity index (χ2v) is 4.21. The number of rotatable bonds is 1. The first-order chi connectivity index (χ1) is 5.25. The van der Waals surface area contributed by atoms with Crippen molar-refractivity contribution >= 4 is 19.8 Å². The molecule has 0 unspecified atom stereocenters. The van der Waals surface area contributed by atoms with E-state index in [2.05, 4.69) is 0 Å². The lowest BCUT2D eigenvalue weighted by atomic mass is 10.2. The predicted octanol–water partition coefficient (Wildman–Crippen LogP) is 1.93. The third-order valence-electron chi connectivity index (χ3n) is 1.16. The summed E-state index contributed by atoms with van der Waals surface area (Å²) < 4.78 is 21.3. The average molecular weight is 261 g/mol. The van der Waals surface area contributed by atoms with Crippen molar-refractivity contribution in [2.24, 2.45) is 0 Å². The van der Waals surface area contributed by atoms with Crippen LogP contribution in [0, 0.1) is 14.9 Å². The molecule has 0 aromatic heterocycles. The van der Waals surface area contributed by atoms with Crippen molar-refractivity contribution in [2.45, 2.75) is 0 Å². The molecule has 4 heteroatoms. The number of halogens is 1. The van der Waals surface area contributed by atoms with Crippen LogP contribution in [-0.4, -0.2) is 0 Å². The van der Waals surface area contributed by atoms with E-state index < -0.39 is 19.8 Å². The Labute approximate surface area is 70.8 Å². The number of benzene rings is 1. The highest BCUT2D eigenvalue weighted by Crippen LogP contribution is 2.20. The Balaban J connectivity index is 3.38. The van der Waals surface area contributed by atoms with Crippen molar-refractivity contribution in [1.82, 2.24) is 0 Å². The van der Waals surface area contributed by atoms with Crippen LogP contribution in [0.15, 0.2) is 24.3 Å². The molecule has 0 fully saturated rings. The van der Waals surface area contributed by atoms with Crippen LogP contribution in [0.4, 0.5) is 0 Å². The zero-order valence-corrected chi connectivity index (χ0v) is 7.61. The van der Waals surface area contributed by atoms with Crippen LogP contribution in [0.1, 0.15) is 5.56 Å². The van der Waals surface area contributed by atoms with E-state index in [1.165, 1.54) is 12.1 Å². The maximum Gasteiger partial charge on any atom is 0.342 e. The average Bonchev–Trinajstić information content (AvgIpc) is 2.04. The van der Waals surface area contributed by atoms with Crippen LogP contribution < -0.4 is 0 Å². The number of nitriles is 1. The van der Waals surface area contributed by atoms with Gasteiger partial charge in [0.05, 0.1) is 9.13 Å². The maximum absolute atomic E-state index is 10.6. The summed E-state index contributed by atoms with van der Waals surface area (Å²) in [5.41, 5.74) is 0.239. The summed E-state index contributed by atoms with van der Waals surface area (Å²) in [6.07, 6.45) is 0. The SMILES string of the molecule is N#Cc1ccccc1I(=O)=O. The zero-order valence-electron chi connectivity index (χ0n) is 5.45. The highest BCUT2D eigenvalue weighted by molar-refractivity contribution is 14.2. The van der Waals surface area contributed by atoms with E-state index in [1.807, 2.05) is 6.07 Å². The molecule has 3 nitrogen and oxygen atoms in total. The van der Waals surface area contributed by atoms with Crippen LogP contribution in [-0.2, 0) is 6.14 Å². The standard InChI is InChI=1S/C7H4INO2/c9-5-6-3-1-2-4-7(6)8(10)11/h1-4H. The van der Waals surface area contributed by atoms with Crippen LogP contribution >= 0.6 is 19.8 Å². The van der Waals surface area contributed by atoms with Crippen molar-refractivity contribution in [3.05, 3.63) is 33.4 Å². The first-order valence-electron chi connectivity index (χ1n) is 2.80. The highest BCUT2D eigenvalue weighted by Gasteiger charge is 2.03. The number of hydrogen-bond acceptors (Lipinski definition) is 3. The summed E-state index contributed by atoms with van der Waals surface area (Å²) in [5.74, 6) is 0. The van der Waals surface area contributed by atoms with E-state index in [0.29, 0.717) is 0 Å². The fourth-order valence-electron chi connectivity index (χ4n) is 0.686. The van der Waals surface area contributed by atoms with Gasteiger partial charge in [-0.05, 0) is 12.1 Å². The van der Waals surface area contributed by atoms with Gasteiger partial charge < -0.3 is 0 Å². The molecule has 0 saturated heterocycles. The lowest BCUT2D eigenvalue weighted by molar-refractivity contribution is 0.610. The topological polar surface area (TPSA) is 57.9 Å². The molecule has 0 spiro atoms. The van der Waals surface area contributed by atoms with E-state index in [4.69, 9.17) is 5.26 Å². The molecule has 0 N–H and O–H groups in total. The van der Waals surface area contributed by atoms with Gasteiger partial charge in [0, 0.05) is 0 Å². The quantitative estimate of drug-likeness (QED) is 0.725. The molecule has 1 aromatic carbocycles. The van der Waals surface area contributed by atoms with Gasteiger partial charge in [0.2, 0.25) is 0 Å². The molecule has 0 aliphatic rings. The molecule has 11 heavy (non-hydrogen) atoms. The monoisotopic (exact) mass is 261 g/mol. The molecule has 56 valence electrons. The van der Waals surface area contributed by atoms with Gasteiger partial charge in [0.1, 0.15) is 6.07 Å². The Morgan fingerprint density at radius 3 is 2.36 bits per heavy atom. The second-order valence-electron chi connectivity index (χ2n) is 1.81. The van der Waals surface area contributed by atoms with E-state index >= 15 is 0 Å². The second kappa shape index (κ2) is 3.44. The van der Waals surface area contributed by atoms with Gasteiger partial charge in [-0.3, -0.25) is 0 Å². The molecular formula is C7H4INO2. The Kier molecular flexibility index (Phi) is 2.54. The van der Waals surface area contributed by atoms with Gasteiger partial charge in [-0.1, -0.05) is 12.1 Å². The number of hydrogen-bond donors (Lipinski definition) is 0. The van der Waals surface area contributed by atoms with Crippen molar-refractivity contribution in [1.29, 1.82) is 5.26 Å². The fourth-order valence-corrected chi connectivity index (χ4v) is 1.96. The summed E-state index contributed by atoms with van der Waals surface area (Å²) >= 11 is -3.47. The third-order valence-corrected chi connectivity index (χ3v) is 3.05. The zero-order chi connectivity index (χ0) is 8.27. The summed E-state index contributed by atoms with van der Waals surface area (Å²) in [5, 5.41) is 8.46. The van der Waals surface area contributed by atoms with E-state index in [1.54, 1.807) is 12.1 Å². The summed E-state index contributed by atoms with van der Waals surface area (Å²) in [6.45, 7) is 0. The largest absolute Gasteiger partial charge is 0.342 e. The van der Waals surface area contributed by atoms with Gasteiger partial charge in [-0.2, -0.15) is 5.26 Å². The van der Waals surface area contributed by atoms with E-state index in [9.17, 15) is 6.14 Å².